The van der Waals surface area contributed by atoms with Gasteiger partial charge in [-0.2, -0.15) is 0 Å². The summed E-state index contributed by atoms with van der Waals surface area (Å²) in [6.45, 7) is 8.43. The van der Waals surface area contributed by atoms with Crippen molar-refractivity contribution in [2.24, 2.45) is 11.3 Å². The topological polar surface area (TPSA) is 135 Å². The molecule has 1 saturated heterocycles. The van der Waals surface area contributed by atoms with Crippen molar-refractivity contribution in [2.75, 3.05) is 0 Å². The average molecular weight is 517 g/mol. The summed E-state index contributed by atoms with van der Waals surface area (Å²) in [5.74, 6) is -2.23. The molecule has 7 atom stereocenters. The lowest BCUT2D eigenvalue weighted by atomic mass is 9.47. The molecule has 1 spiro atoms. The molecule has 3 heterocycles. The van der Waals surface area contributed by atoms with E-state index in [-0.39, 0.29) is 24.0 Å². The van der Waals surface area contributed by atoms with Crippen molar-refractivity contribution in [3.63, 3.8) is 0 Å². The van der Waals surface area contributed by atoms with E-state index in [9.17, 15) is 19.5 Å². The lowest BCUT2D eigenvalue weighted by molar-refractivity contribution is -0.326. The Kier molecular flexibility index (Phi) is 5.84. The summed E-state index contributed by atoms with van der Waals surface area (Å²) < 4.78 is 34.9. The minimum atomic E-state index is -1.58. The molecule has 2 saturated carbocycles. The molecule has 200 valence electrons. The third-order valence-electron chi connectivity index (χ3n) is 8.69. The molecule has 5 rings (SSSR count). The first-order valence-corrected chi connectivity index (χ1v) is 12.4. The van der Waals surface area contributed by atoms with E-state index >= 15 is 0 Å². The molecule has 1 aliphatic heterocycles. The molecule has 0 unspecified atom stereocenters. The zero-order valence-corrected chi connectivity index (χ0v) is 21.5. The van der Waals surface area contributed by atoms with E-state index in [4.69, 9.17) is 27.8 Å². The van der Waals surface area contributed by atoms with Gasteiger partial charge in [-0.05, 0) is 59.1 Å². The molecule has 2 aromatic heterocycles. The summed E-state index contributed by atoms with van der Waals surface area (Å²) >= 11 is 0. The molecular formula is C27H32O10. The normalized spacial score (nSPS) is 37.9. The molecule has 0 aromatic carbocycles. The number of carbonyl (C=O) groups is 3. The van der Waals surface area contributed by atoms with Crippen LogP contribution in [0.2, 0.25) is 0 Å². The van der Waals surface area contributed by atoms with Crippen molar-refractivity contribution < 1.29 is 47.3 Å². The van der Waals surface area contributed by atoms with Gasteiger partial charge in [0, 0.05) is 12.8 Å². The standard InChI is InChI=1S/C27H32O10/c1-15(28)34-19-6-9-25(4,31)27-21(36-23(30)17-8-11-33-14-17)18(24(2,3)37-27)12-20(26(19,27)5)35-22(29)16-7-10-32-13-16/h7-8,10-11,13-14,18-21,31H,6,9,12H2,1-5H3/t18-,19+,20+,21-,25+,26+,27+/m1/s1. The highest BCUT2D eigenvalue weighted by molar-refractivity contribution is 5.89. The molecule has 0 radical (unpaired) electrons. The average Bonchev–Trinajstić information content (AvgIpc) is 3.55. The number of rotatable bonds is 5. The molecule has 1 N–H and O–H groups in total. The number of esters is 3. The Hall–Kier alpha value is -3.11. The van der Waals surface area contributed by atoms with Gasteiger partial charge < -0.3 is 32.9 Å². The maximum absolute atomic E-state index is 13.2. The lowest BCUT2D eigenvalue weighted by Crippen LogP contribution is -2.79. The molecule has 3 aliphatic rings. The van der Waals surface area contributed by atoms with E-state index in [2.05, 4.69) is 0 Å². The molecule has 2 aliphatic carbocycles. The lowest BCUT2D eigenvalue weighted by Gasteiger charge is -2.64. The Labute approximate surface area is 214 Å². The van der Waals surface area contributed by atoms with Crippen LogP contribution < -0.4 is 0 Å². The predicted octanol–water partition coefficient (Wildman–Crippen LogP) is 3.67. The van der Waals surface area contributed by atoms with Crippen molar-refractivity contribution in [3.05, 3.63) is 48.3 Å². The van der Waals surface area contributed by atoms with Crippen LogP contribution in [0.3, 0.4) is 0 Å². The number of fused-ring (bicyclic) bond motifs is 1. The summed E-state index contributed by atoms with van der Waals surface area (Å²) in [5, 5.41) is 12.0. The van der Waals surface area contributed by atoms with Crippen LogP contribution in [0.5, 0.6) is 0 Å². The Morgan fingerprint density at radius 2 is 1.51 bits per heavy atom. The zero-order valence-electron chi connectivity index (χ0n) is 21.5. The fraction of sp³-hybridized carbons (Fsp3) is 0.593. The largest absolute Gasteiger partial charge is 0.472 e. The minimum absolute atomic E-state index is 0.200. The summed E-state index contributed by atoms with van der Waals surface area (Å²) in [6, 6.07) is 2.99. The first-order chi connectivity index (χ1) is 17.3. The van der Waals surface area contributed by atoms with Crippen LogP contribution in [0.25, 0.3) is 0 Å². The minimum Gasteiger partial charge on any atom is -0.472 e. The molecule has 3 fully saturated rings. The third-order valence-corrected chi connectivity index (χ3v) is 8.69. The number of ether oxygens (including phenoxy) is 4. The fourth-order valence-electron chi connectivity index (χ4n) is 6.94. The number of hydrogen-bond donors (Lipinski definition) is 1. The highest BCUT2D eigenvalue weighted by Gasteiger charge is 2.82. The molecule has 10 nitrogen and oxygen atoms in total. The molecule has 10 heteroatoms. The first-order valence-electron chi connectivity index (χ1n) is 12.4. The van der Waals surface area contributed by atoms with E-state index in [0.717, 1.165) is 0 Å². The molecular weight excluding hydrogens is 484 g/mol. The molecule has 2 aromatic rings. The highest BCUT2D eigenvalue weighted by Crippen LogP contribution is 2.68. The van der Waals surface area contributed by atoms with Gasteiger partial charge in [0.2, 0.25) is 0 Å². The van der Waals surface area contributed by atoms with E-state index in [1.54, 1.807) is 13.8 Å². The van der Waals surface area contributed by atoms with Gasteiger partial charge >= 0.3 is 17.9 Å². The van der Waals surface area contributed by atoms with Gasteiger partial charge in [0.25, 0.3) is 0 Å². The monoisotopic (exact) mass is 516 g/mol. The van der Waals surface area contributed by atoms with Gasteiger partial charge in [-0.3, -0.25) is 4.79 Å². The fourth-order valence-corrected chi connectivity index (χ4v) is 6.94. The number of hydrogen-bond acceptors (Lipinski definition) is 10. The second kappa shape index (κ2) is 8.46. The van der Waals surface area contributed by atoms with Gasteiger partial charge in [-0.25, -0.2) is 9.59 Å². The van der Waals surface area contributed by atoms with E-state index in [0.29, 0.717) is 6.42 Å². The molecule has 2 bridgehead atoms. The van der Waals surface area contributed by atoms with Crippen molar-refractivity contribution in [1.29, 1.82) is 0 Å². The quantitative estimate of drug-likeness (QED) is 0.463. The van der Waals surface area contributed by atoms with Crippen LogP contribution in [-0.4, -0.2) is 58.1 Å². The SMILES string of the molecule is CC(=O)O[C@H]1CC[C@](C)(O)[C@]23OC(C)(C)[C@H](C[C@H](OC(=O)c4ccoc4)[C@]12C)[C@H]3OC(=O)c1ccoc1. The van der Waals surface area contributed by atoms with Crippen LogP contribution in [0.4, 0.5) is 0 Å². The summed E-state index contributed by atoms with van der Waals surface area (Å²) in [7, 11) is 0. The Bertz CT molecular complexity index is 1180. The van der Waals surface area contributed by atoms with E-state index in [1.165, 1.54) is 44.1 Å². The van der Waals surface area contributed by atoms with Crippen LogP contribution in [-0.2, 0) is 23.7 Å². The van der Waals surface area contributed by atoms with Gasteiger partial charge in [-0.15, -0.1) is 0 Å². The molecule has 0 amide bonds. The van der Waals surface area contributed by atoms with Crippen molar-refractivity contribution in [1.82, 2.24) is 0 Å². The van der Waals surface area contributed by atoms with Crippen molar-refractivity contribution in [2.45, 2.75) is 89.0 Å². The van der Waals surface area contributed by atoms with Crippen LogP contribution >= 0.6 is 0 Å². The highest BCUT2D eigenvalue weighted by atomic mass is 16.6. The predicted molar refractivity (Wildman–Crippen MR) is 125 cm³/mol. The van der Waals surface area contributed by atoms with Crippen LogP contribution in [0.1, 0.15) is 74.6 Å². The third kappa shape index (κ3) is 3.64. The van der Waals surface area contributed by atoms with Crippen LogP contribution in [0.15, 0.2) is 46.0 Å². The first kappa shape index (κ1) is 25.5. The Balaban J connectivity index is 1.65. The van der Waals surface area contributed by atoms with Crippen LogP contribution in [0, 0.1) is 11.3 Å². The second-order valence-electron chi connectivity index (χ2n) is 11.2. The van der Waals surface area contributed by atoms with E-state index < -0.39 is 64.4 Å². The summed E-state index contributed by atoms with van der Waals surface area (Å²) in [5.41, 5.74) is -4.84. The maximum atomic E-state index is 13.2. The summed E-state index contributed by atoms with van der Waals surface area (Å²) in [4.78, 5) is 38.5. The number of aliphatic hydroxyl groups is 1. The van der Waals surface area contributed by atoms with Gasteiger partial charge in [0.05, 0.1) is 40.3 Å². The smallest absolute Gasteiger partial charge is 0.341 e. The number of carbonyl (C=O) groups excluding carboxylic acids is 3. The zero-order chi connectivity index (χ0) is 26.8. The van der Waals surface area contributed by atoms with Gasteiger partial charge in [0.15, 0.2) is 0 Å². The van der Waals surface area contributed by atoms with Crippen molar-refractivity contribution in [3.8, 4) is 0 Å². The number of furan rings is 2. The Morgan fingerprint density at radius 3 is 2.05 bits per heavy atom. The van der Waals surface area contributed by atoms with Gasteiger partial charge in [0.1, 0.15) is 36.4 Å². The maximum Gasteiger partial charge on any atom is 0.341 e. The second-order valence-corrected chi connectivity index (χ2v) is 11.2. The van der Waals surface area contributed by atoms with Gasteiger partial charge in [-0.1, -0.05) is 0 Å². The molecule has 37 heavy (non-hydrogen) atoms. The van der Waals surface area contributed by atoms with E-state index in [1.807, 2.05) is 13.8 Å². The van der Waals surface area contributed by atoms with Crippen molar-refractivity contribution >= 4 is 17.9 Å². The summed E-state index contributed by atoms with van der Waals surface area (Å²) in [6.07, 6.45) is 3.47. The Morgan fingerprint density at radius 1 is 0.919 bits per heavy atom.